The summed E-state index contributed by atoms with van der Waals surface area (Å²) >= 11 is 6.28. The molecule has 10 heavy (non-hydrogen) atoms. The van der Waals surface area contributed by atoms with Crippen LogP contribution in [0.25, 0.3) is 0 Å². The Morgan fingerprint density at radius 3 is 2.30 bits per heavy atom. The molecule has 0 atom stereocenters. The quantitative estimate of drug-likeness (QED) is 0.484. The molecule has 0 heterocycles. The van der Waals surface area contributed by atoms with Gasteiger partial charge in [0.2, 0.25) is 0 Å². The summed E-state index contributed by atoms with van der Waals surface area (Å²) in [4.78, 5) is 2.07. The molecule has 0 unspecified atom stereocenters. The minimum atomic E-state index is 0.813. The van der Waals surface area contributed by atoms with Crippen LogP contribution in [-0.2, 0) is 4.18 Å². The second-order valence-corrected chi connectivity index (χ2v) is 3.22. The third kappa shape index (κ3) is 3.39. The van der Waals surface area contributed by atoms with Gasteiger partial charge in [-0.05, 0) is 13.8 Å². The van der Waals surface area contributed by atoms with E-state index in [0.29, 0.717) is 0 Å². The van der Waals surface area contributed by atoms with E-state index in [1.807, 2.05) is 0 Å². The molecule has 2 nitrogen and oxygen atoms in total. The van der Waals surface area contributed by atoms with Gasteiger partial charge in [0, 0.05) is 13.1 Å². The van der Waals surface area contributed by atoms with Gasteiger partial charge in [0.05, 0.1) is 19.2 Å². The van der Waals surface area contributed by atoms with Crippen molar-refractivity contribution in [2.24, 2.45) is 0 Å². The Bertz CT molecular complexity index is 104. The summed E-state index contributed by atoms with van der Waals surface area (Å²) in [6.45, 7) is 6.05. The van der Waals surface area contributed by atoms with E-state index in [-0.39, 0.29) is 0 Å². The highest BCUT2D eigenvalue weighted by Gasteiger charge is 2.03. The van der Waals surface area contributed by atoms with Crippen LogP contribution in [0.4, 0.5) is 0 Å². The van der Waals surface area contributed by atoms with Crippen molar-refractivity contribution in [2.45, 2.75) is 13.8 Å². The lowest BCUT2D eigenvalue weighted by molar-refractivity contribution is 0.467. The topological polar surface area (TPSA) is 12.5 Å². The fourth-order valence-electron chi connectivity index (χ4n) is 0.606. The molecule has 0 aliphatic rings. The van der Waals surface area contributed by atoms with E-state index in [4.69, 9.17) is 16.4 Å². The van der Waals surface area contributed by atoms with Gasteiger partial charge in [-0.3, -0.25) is 0 Å². The molecule has 0 bridgehead atoms. The van der Waals surface area contributed by atoms with Gasteiger partial charge < -0.3 is 9.08 Å². The van der Waals surface area contributed by atoms with Crippen LogP contribution in [0.3, 0.4) is 0 Å². The second-order valence-electron chi connectivity index (χ2n) is 1.69. The average Bonchev–Trinajstić information content (AvgIpc) is 1.91. The Morgan fingerprint density at radius 1 is 1.50 bits per heavy atom. The van der Waals surface area contributed by atoms with Crippen LogP contribution >= 0.6 is 24.3 Å². The molecule has 60 valence electrons. The Kier molecular flexibility index (Phi) is 6.06. The Hall–Kier alpha value is 0.200. The highest BCUT2D eigenvalue weighted by Crippen LogP contribution is 2.08. The van der Waals surface area contributed by atoms with Crippen LogP contribution in [0.5, 0.6) is 0 Å². The molecule has 0 amide bonds. The van der Waals surface area contributed by atoms with E-state index < -0.39 is 0 Å². The normalized spacial score (nSPS) is 9.50. The van der Waals surface area contributed by atoms with E-state index in [0.717, 1.165) is 17.4 Å². The molecule has 4 heteroatoms. The lowest BCUT2D eigenvalue weighted by Crippen LogP contribution is -2.26. The maximum atomic E-state index is 5.04. The smallest absolute Gasteiger partial charge is 0.163 e. The molecule has 0 fully saturated rings. The number of nitrogens with zero attached hydrogens (tertiary/aromatic N) is 1. The van der Waals surface area contributed by atoms with Gasteiger partial charge >= 0.3 is 0 Å². The minimum absolute atomic E-state index is 0.813. The van der Waals surface area contributed by atoms with Gasteiger partial charge in [-0.2, -0.15) is 0 Å². The molecule has 0 aliphatic heterocycles. The van der Waals surface area contributed by atoms with Gasteiger partial charge in [-0.1, -0.05) is 12.2 Å². The fourth-order valence-corrected chi connectivity index (χ4v) is 1.57. The highest BCUT2D eigenvalue weighted by atomic mass is 32.2. The van der Waals surface area contributed by atoms with E-state index in [1.54, 1.807) is 7.11 Å². The minimum Gasteiger partial charge on any atom is -0.356 e. The zero-order chi connectivity index (χ0) is 7.98. The Morgan fingerprint density at radius 2 is 2.00 bits per heavy atom. The zero-order valence-electron chi connectivity index (χ0n) is 6.59. The molecule has 0 rings (SSSR count). The number of hydrogen-bond acceptors (Lipinski definition) is 3. The molecular formula is C6H13NOS2. The van der Waals surface area contributed by atoms with Crippen molar-refractivity contribution >= 4 is 28.6 Å². The van der Waals surface area contributed by atoms with Gasteiger partial charge in [0.1, 0.15) is 0 Å². The van der Waals surface area contributed by atoms with E-state index in [2.05, 4.69) is 18.7 Å². The molecule has 0 spiro atoms. The monoisotopic (exact) mass is 179 g/mol. The first kappa shape index (κ1) is 10.2. The number of hydrogen-bond donors (Lipinski definition) is 0. The molecular weight excluding hydrogens is 166 g/mol. The van der Waals surface area contributed by atoms with E-state index in [9.17, 15) is 0 Å². The fraction of sp³-hybridized carbons (Fsp3) is 0.833. The van der Waals surface area contributed by atoms with Crippen molar-refractivity contribution in [1.82, 2.24) is 4.90 Å². The van der Waals surface area contributed by atoms with Crippen LogP contribution in [0.15, 0.2) is 0 Å². The summed E-state index contributed by atoms with van der Waals surface area (Å²) in [7, 11) is 1.63. The molecule has 0 aliphatic carbocycles. The highest BCUT2D eigenvalue weighted by molar-refractivity contribution is 8.19. The predicted molar refractivity (Wildman–Crippen MR) is 50.1 cm³/mol. The Labute approximate surface area is 72.1 Å². The predicted octanol–water partition coefficient (Wildman–Crippen LogP) is 1.91. The maximum Gasteiger partial charge on any atom is 0.163 e. The van der Waals surface area contributed by atoms with Crippen molar-refractivity contribution in [2.75, 3.05) is 20.2 Å². The summed E-state index contributed by atoms with van der Waals surface area (Å²) in [6, 6.07) is 0. The van der Waals surface area contributed by atoms with Crippen molar-refractivity contribution in [3.8, 4) is 0 Å². The summed E-state index contributed by atoms with van der Waals surface area (Å²) in [5, 5.41) is 0. The Balaban J connectivity index is 3.65. The molecule has 0 aromatic rings. The van der Waals surface area contributed by atoms with Crippen LogP contribution < -0.4 is 0 Å². The van der Waals surface area contributed by atoms with Crippen molar-refractivity contribution in [1.29, 1.82) is 0 Å². The standard InChI is InChI=1S/C6H13NOS2/c1-4-7(5-2)6(9)10-8-3/h4-5H2,1-3H3. The summed E-state index contributed by atoms with van der Waals surface area (Å²) in [5.41, 5.74) is 0. The lowest BCUT2D eigenvalue weighted by atomic mass is 10.6. The molecule has 0 radical (unpaired) electrons. The van der Waals surface area contributed by atoms with Crippen molar-refractivity contribution in [3.63, 3.8) is 0 Å². The van der Waals surface area contributed by atoms with Gasteiger partial charge in [0.15, 0.2) is 4.32 Å². The van der Waals surface area contributed by atoms with Gasteiger partial charge in [-0.15, -0.1) is 0 Å². The lowest BCUT2D eigenvalue weighted by Gasteiger charge is -2.19. The van der Waals surface area contributed by atoms with Crippen LogP contribution in [0.1, 0.15) is 13.8 Å². The summed E-state index contributed by atoms with van der Waals surface area (Å²) in [5.74, 6) is 0. The van der Waals surface area contributed by atoms with Crippen LogP contribution in [-0.4, -0.2) is 29.4 Å². The SMILES string of the molecule is CCN(CC)C(=S)SOC. The first-order valence-corrected chi connectivity index (χ1v) is 4.40. The second kappa shape index (κ2) is 5.95. The summed E-state index contributed by atoms with van der Waals surface area (Å²) in [6.07, 6.45) is 0. The molecule has 0 aromatic carbocycles. The third-order valence-electron chi connectivity index (χ3n) is 1.18. The van der Waals surface area contributed by atoms with Crippen LogP contribution in [0.2, 0.25) is 0 Å². The van der Waals surface area contributed by atoms with Crippen molar-refractivity contribution < 1.29 is 4.18 Å². The zero-order valence-corrected chi connectivity index (χ0v) is 8.22. The van der Waals surface area contributed by atoms with E-state index in [1.165, 1.54) is 12.0 Å². The maximum absolute atomic E-state index is 5.04. The average molecular weight is 179 g/mol. The largest absolute Gasteiger partial charge is 0.356 e. The van der Waals surface area contributed by atoms with Crippen LogP contribution in [0, 0.1) is 0 Å². The van der Waals surface area contributed by atoms with Gasteiger partial charge in [-0.25, -0.2) is 0 Å². The van der Waals surface area contributed by atoms with Crippen molar-refractivity contribution in [3.05, 3.63) is 0 Å². The first-order valence-electron chi connectivity index (χ1n) is 3.25. The molecule has 0 saturated carbocycles. The number of thiocarbonyl (C=S) groups is 1. The molecule has 0 saturated heterocycles. The molecule has 0 N–H and O–H groups in total. The van der Waals surface area contributed by atoms with E-state index >= 15 is 0 Å². The summed E-state index contributed by atoms with van der Waals surface area (Å²) < 4.78 is 5.63. The molecule has 0 aromatic heterocycles. The van der Waals surface area contributed by atoms with Gasteiger partial charge in [0.25, 0.3) is 0 Å². The first-order chi connectivity index (χ1) is 4.76. The number of rotatable bonds is 3. The third-order valence-corrected chi connectivity index (χ3v) is 2.21.